The zero-order valence-corrected chi connectivity index (χ0v) is 11.8. The molecular weight excluding hydrogens is 310 g/mol. The number of nitrogens with zero attached hydrogens (tertiary/aromatic N) is 2. The lowest BCUT2D eigenvalue weighted by Crippen LogP contribution is -2.17. The van der Waals surface area contributed by atoms with Gasteiger partial charge in [-0.3, -0.25) is 14.9 Å². The fourth-order valence-corrected chi connectivity index (χ4v) is 1.80. The zero-order chi connectivity index (χ0) is 16.1. The van der Waals surface area contributed by atoms with E-state index in [4.69, 9.17) is 11.6 Å². The summed E-state index contributed by atoms with van der Waals surface area (Å²) in [4.78, 5) is 21.9. The van der Waals surface area contributed by atoms with Gasteiger partial charge in [-0.1, -0.05) is 17.7 Å². The fourth-order valence-electron chi connectivity index (χ4n) is 1.61. The summed E-state index contributed by atoms with van der Waals surface area (Å²) in [6.07, 6.45) is 1.12. The molecule has 0 aliphatic heterocycles. The first kappa shape index (κ1) is 15.5. The van der Waals surface area contributed by atoms with E-state index in [9.17, 15) is 20.0 Å². The second-order valence-corrected chi connectivity index (χ2v) is 4.65. The normalized spacial score (nSPS) is 10.6. The quantitative estimate of drug-likeness (QED) is 0.513. The van der Waals surface area contributed by atoms with Crippen molar-refractivity contribution >= 4 is 29.4 Å². The van der Waals surface area contributed by atoms with Gasteiger partial charge in [0.1, 0.15) is 5.75 Å². The number of rotatable bonds is 4. The van der Waals surface area contributed by atoms with E-state index in [1.165, 1.54) is 12.1 Å². The molecule has 0 aliphatic carbocycles. The third kappa shape index (κ3) is 3.80. The van der Waals surface area contributed by atoms with E-state index < -0.39 is 10.8 Å². The highest BCUT2D eigenvalue weighted by atomic mass is 35.5. The van der Waals surface area contributed by atoms with Crippen molar-refractivity contribution in [3.63, 3.8) is 0 Å². The first-order valence-corrected chi connectivity index (χ1v) is 6.41. The molecule has 2 aromatic rings. The standard InChI is InChI=1S/C14H10ClN3O4/c15-11-3-1-2-9(6-11)14(20)17-16-8-10-7-12(18(21)22)4-5-13(10)19/h1-8,19H,(H,17,20)/b16-8+. The van der Waals surface area contributed by atoms with Crippen LogP contribution in [0.3, 0.4) is 0 Å². The van der Waals surface area contributed by atoms with E-state index in [0.717, 1.165) is 18.3 Å². The Labute approximate surface area is 130 Å². The molecular formula is C14H10ClN3O4. The number of carbonyl (C=O) groups excluding carboxylic acids is 1. The van der Waals surface area contributed by atoms with Crippen molar-refractivity contribution in [2.45, 2.75) is 0 Å². The summed E-state index contributed by atoms with van der Waals surface area (Å²) >= 11 is 5.77. The van der Waals surface area contributed by atoms with Crippen LogP contribution < -0.4 is 5.43 Å². The van der Waals surface area contributed by atoms with E-state index in [1.807, 2.05) is 0 Å². The summed E-state index contributed by atoms with van der Waals surface area (Å²) in [5.74, 6) is -0.685. The van der Waals surface area contributed by atoms with E-state index >= 15 is 0 Å². The maximum atomic E-state index is 11.8. The van der Waals surface area contributed by atoms with Crippen molar-refractivity contribution in [1.82, 2.24) is 5.43 Å². The van der Waals surface area contributed by atoms with Crippen LogP contribution in [0, 0.1) is 10.1 Å². The van der Waals surface area contributed by atoms with Gasteiger partial charge in [0, 0.05) is 28.3 Å². The number of halogens is 1. The van der Waals surface area contributed by atoms with Crippen molar-refractivity contribution in [2.75, 3.05) is 0 Å². The van der Waals surface area contributed by atoms with E-state index in [0.29, 0.717) is 10.6 Å². The molecule has 0 radical (unpaired) electrons. The molecule has 22 heavy (non-hydrogen) atoms. The minimum absolute atomic E-state index is 0.112. The summed E-state index contributed by atoms with van der Waals surface area (Å²) in [6.45, 7) is 0. The van der Waals surface area contributed by atoms with E-state index in [2.05, 4.69) is 10.5 Å². The Morgan fingerprint density at radius 3 is 2.77 bits per heavy atom. The van der Waals surface area contributed by atoms with Crippen LogP contribution in [0.2, 0.25) is 5.02 Å². The maximum Gasteiger partial charge on any atom is 0.271 e. The van der Waals surface area contributed by atoms with E-state index in [-0.39, 0.29) is 17.0 Å². The first-order chi connectivity index (χ1) is 10.5. The molecule has 0 bridgehead atoms. The molecule has 0 aromatic heterocycles. The smallest absolute Gasteiger partial charge is 0.271 e. The third-order valence-electron chi connectivity index (χ3n) is 2.68. The average Bonchev–Trinajstić information content (AvgIpc) is 2.48. The van der Waals surface area contributed by atoms with Gasteiger partial charge in [0.05, 0.1) is 11.1 Å². The molecule has 0 fully saturated rings. The minimum atomic E-state index is -0.596. The molecule has 2 aromatic carbocycles. The summed E-state index contributed by atoms with van der Waals surface area (Å²) in [7, 11) is 0. The molecule has 0 aliphatic rings. The monoisotopic (exact) mass is 319 g/mol. The van der Waals surface area contributed by atoms with Crippen molar-refractivity contribution in [2.24, 2.45) is 5.10 Å². The average molecular weight is 320 g/mol. The molecule has 7 nitrogen and oxygen atoms in total. The molecule has 2 N–H and O–H groups in total. The molecule has 0 heterocycles. The molecule has 0 saturated carbocycles. The SMILES string of the molecule is O=C(N/N=C/c1cc([N+](=O)[O-])ccc1O)c1cccc(Cl)c1. The number of nitro groups is 1. The topological polar surface area (TPSA) is 105 Å². The van der Waals surface area contributed by atoms with Gasteiger partial charge in [0.15, 0.2) is 0 Å². The highest BCUT2D eigenvalue weighted by molar-refractivity contribution is 6.30. The molecule has 112 valence electrons. The summed E-state index contributed by atoms with van der Waals surface area (Å²) in [6, 6.07) is 9.76. The van der Waals surface area contributed by atoms with Gasteiger partial charge in [0.2, 0.25) is 0 Å². The number of non-ortho nitro benzene ring substituents is 1. The van der Waals surface area contributed by atoms with Crippen molar-refractivity contribution < 1.29 is 14.8 Å². The molecule has 0 saturated heterocycles. The second-order valence-electron chi connectivity index (χ2n) is 4.21. The highest BCUT2D eigenvalue weighted by Gasteiger charge is 2.09. The lowest BCUT2D eigenvalue weighted by molar-refractivity contribution is -0.384. The fraction of sp³-hybridized carbons (Fsp3) is 0. The molecule has 8 heteroatoms. The number of amides is 1. The Hall–Kier alpha value is -2.93. The predicted octanol–water partition coefficient (Wildman–Crippen LogP) is 2.72. The Balaban J connectivity index is 2.11. The Kier molecular flexibility index (Phi) is 4.70. The number of hydrogen-bond donors (Lipinski definition) is 2. The van der Waals surface area contributed by atoms with Gasteiger partial charge in [-0.2, -0.15) is 5.10 Å². The number of phenolic OH excluding ortho intramolecular Hbond substituents is 1. The van der Waals surface area contributed by atoms with Gasteiger partial charge >= 0.3 is 0 Å². The number of aromatic hydroxyl groups is 1. The Bertz CT molecular complexity index is 762. The summed E-state index contributed by atoms with van der Waals surface area (Å²) in [5, 5.41) is 24.3. The van der Waals surface area contributed by atoms with Crippen molar-refractivity contribution in [3.8, 4) is 5.75 Å². The van der Waals surface area contributed by atoms with Crippen LogP contribution in [0.25, 0.3) is 0 Å². The molecule has 0 unspecified atom stereocenters. The maximum absolute atomic E-state index is 11.8. The summed E-state index contributed by atoms with van der Waals surface area (Å²) < 4.78 is 0. The Morgan fingerprint density at radius 1 is 1.32 bits per heavy atom. The van der Waals surface area contributed by atoms with Gasteiger partial charge in [-0.25, -0.2) is 5.43 Å². The van der Waals surface area contributed by atoms with Crippen LogP contribution in [-0.2, 0) is 0 Å². The van der Waals surface area contributed by atoms with E-state index in [1.54, 1.807) is 18.2 Å². The lowest BCUT2D eigenvalue weighted by atomic mass is 10.2. The molecule has 0 spiro atoms. The second kappa shape index (κ2) is 6.68. The van der Waals surface area contributed by atoms with Crippen LogP contribution in [0.4, 0.5) is 5.69 Å². The number of hydrazone groups is 1. The summed E-state index contributed by atoms with van der Waals surface area (Å²) in [5.41, 5.74) is 2.47. The Morgan fingerprint density at radius 2 is 2.09 bits per heavy atom. The number of hydrogen-bond acceptors (Lipinski definition) is 5. The number of carbonyl (C=O) groups is 1. The van der Waals surface area contributed by atoms with Crippen molar-refractivity contribution in [3.05, 3.63) is 68.7 Å². The van der Waals surface area contributed by atoms with Gasteiger partial charge in [-0.15, -0.1) is 0 Å². The van der Waals surface area contributed by atoms with Crippen LogP contribution in [-0.4, -0.2) is 22.2 Å². The molecule has 1 amide bonds. The van der Waals surface area contributed by atoms with Crippen LogP contribution in [0.1, 0.15) is 15.9 Å². The zero-order valence-electron chi connectivity index (χ0n) is 11.1. The third-order valence-corrected chi connectivity index (χ3v) is 2.91. The largest absolute Gasteiger partial charge is 0.507 e. The van der Waals surface area contributed by atoms with Crippen LogP contribution in [0.5, 0.6) is 5.75 Å². The highest BCUT2D eigenvalue weighted by Crippen LogP contribution is 2.21. The molecule has 0 atom stereocenters. The first-order valence-electron chi connectivity index (χ1n) is 6.04. The number of benzene rings is 2. The number of phenols is 1. The van der Waals surface area contributed by atoms with Crippen molar-refractivity contribution in [1.29, 1.82) is 0 Å². The van der Waals surface area contributed by atoms with Gasteiger partial charge in [-0.05, 0) is 24.3 Å². The van der Waals surface area contributed by atoms with Gasteiger partial charge < -0.3 is 5.11 Å². The van der Waals surface area contributed by atoms with Crippen LogP contribution in [0.15, 0.2) is 47.6 Å². The van der Waals surface area contributed by atoms with Crippen LogP contribution >= 0.6 is 11.6 Å². The number of nitrogens with one attached hydrogen (secondary N) is 1. The minimum Gasteiger partial charge on any atom is -0.507 e. The lowest BCUT2D eigenvalue weighted by Gasteiger charge is -2.01. The van der Waals surface area contributed by atoms with Gasteiger partial charge in [0.25, 0.3) is 11.6 Å². The number of nitro benzene ring substituents is 1. The predicted molar refractivity (Wildman–Crippen MR) is 81.3 cm³/mol. The molecule has 2 rings (SSSR count).